The molecule has 0 aliphatic carbocycles. The summed E-state index contributed by atoms with van der Waals surface area (Å²) < 4.78 is 7.37. The van der Waals surface area contributed by atoms with Crippen LogP contribution in [0.5, 0.6) is 5.75 Å². The first-order chi connectivity index (χ1) is 13.7. The van der Waals surface area contributed by atoms with Crippen molar-refractivity contribution < 1.29 is 9.53 Å². The Balaban J connectivity index is 1.53. The predicted octanol–water partition coefficient (Wildman–Crippen LogP) is 3.42. The molecule has 1 aromatic heterocycles. The quantitative estimate of drug-likeness (QED) is 0.561. The van der Waals surface area contributed by atoms with E-state index in [9.17, 15) is 4.79 Å². The number of para-hydroxylation sites is 1. The summed E-state index contributed by atoms with van der Waals surface area (Å²) in [6.45, 7) is 3.36. The maximum Gasteiger partial charge on any atom is 0.230 e. The normalized spacial score (nSPS) is 10.6. The average molecular weight is 397 g/mol. The Hall–Kier alpha value is -2.80. The molecule has 0 aliphatic heterocycles. The first kappa shape index (κ1) is 19.9. The Morgan fingerprint density at radius 1 is 1.11 bits per heavy atom. The molecule has 0 radical (unpaired) electrons. The van der Waals surface area contributed by atoms with Crippen molar-refractivity contribution in [3.8, 4) is 17.1 Å². The number of hydrogen-bond donors (Lipinski definition) is 1. The molecule has 3 aromatic rings. The number of nitrogens with zero attached hydrogens (tertiary/aromatic N) is 3. The van der Waals surface area contributed by atoms with Gasteiger partial charge in [0.2, 0.25) is 5.91 Å². The molecule has 0 fully saturated rings. The fourth-order valence-corrected chi connectivity index (χ4v) is 3.74. The molecule has 1 N–H and O–H groups in total. The smallest absolute Gasteiger partial charge is 0.230 e. The van der Waals surface area contributed by atoms with E-state index in [0.717, 1.165) is 40.8 Å². The third kappa shape index (κ3) is 4.92. The minimum atomic E-state index is -0.0215. The van der Waals surface area contributed by atoms with Gasteiger partial charge in [0.05, 0.1) is 12.9 Å². The zero-order valence-electron chi connectivity index (χ0n) is 16.1. The van der Waals surface area contributed by atoms with Crippen molar-refractivity contribution in [3.05, 3.63) is 60.2 Å². The second kappa shape index (κ2) is 9.94. The van der Waals surface area contributed by atoms with Gasteiger partial charge in [-0.05, 0) is 25.0 Å². The van der Waals surface area contributed by atoms with Crippen LogP contribution >= 0.6 is 11.8 Å². The molecule has 0 saturated heterocycles. The summed E-state index contributed by atoms with van der Waals surface area (Å²) in [6.07, 6.45) is 0.726. The highest BCUT2D eigenvalue weighted by atomic mass is 32.2. The lowest BCUT2D eigenvalue weighted by Gasteiger charge is -2.09. The molecule has 6 nitrogen and oxygen atoms in total. The van der Waals surface area contributed by atoms with Crippen molar-refractivity contribution in [2.75, 3.05) is 19.4 Å². The van der Waals surface area contributed by atoms with E-state index < -0.39 is 0 Å². The van der Waals surface area contributed by atoms with Gasteiger partial charge in [-0.2, -0.15) is 0 Å². The number of thioether (sulfide) groups is 1. The van der Waals surface area contributed by atoms with Gasteiger partial charge >= 0.3 is 0 Å². The van der Waals surface area contributed by atoms with E-state index in [1.807, 2.05) is 66.1 Å². The number of benzene rings is 2. The van der Waals surface area contributed by atoms with Crippen molar-refractivity contribution >= 4 is 17.7 Å². The highest BCUT2D eigenvalue weighted by Crippen LogP contribution is 2.23. The van der Waals surface area contributed by atoms with Gasteiger partial charge in [-0.1, -0.05) is 60.3 Å². The number of carbonyl (C=O) groups is 1. The van der Waals surface area contributed by atoms with Gasteiger partial charge in [-0.3, -0.25) is 4.79 Å². The standard InChI is InChI=1S/C21H24N4O2S/c1-3-25-20(17-10-5-4-6-11-17)23-24-21(25)28-15-19(26)22-14-13-16-9-7-8-12-18(16)27-2/h4-12H,3,13-15H2,1-2H3,(H,22,26). The zero-order chi connectivity index (χ0) is 19.8. The molecule has 7 heteroatoms. The number of carbonyl (C=O) groups excluding carboxylic acids is 1. The number of methoxy groups -OCH3 is 1. The third-order valence-electron chi connectivity index (χ3n) is 4.31. The predicted molar refractivity (Wildman–Crippen MR) is 112 cm³/mol. The molecule has 2 aromatic carbocycles. The third-order valence-corrected chi connectivity index (χ3v) is 5.27. The lowest BCUT2D eigenvalue weighted by Crippen LogP contribution is -2.27. The van der Waals surface area contributed by atoms with E-state index in [2.05, 4.69) is 15.5 Å². The zero-order valence-corrected chi connectivity index (χ0v) is 16.9. The molecule has 28 heavy (non-hydrogen) atoms. The van der Waals surface area contributed by atoms with Crippen molar-refractivity contribution in [2.24, 2.45) is 0 Å². The van der Waals surface area contributed by atoms with E-state index in [4.69, 9.17) is 4.74 Å². The summed E-state index contributed by atoms with van der Waals surface area (Å²) in [5.74, 6) is 1.95. The van der Waals surface area contributed by atoms with E-state index in [1.165, 1.54) is 11.8 Å². The molecular formula is C21H24N4O2S. The molecule has 3 rings (SSSR count). The van der Waals surface area contributed by atoms with Gasteiger partial charge in [0.15, 0.2) is 11.0 Å². The van der Waals surface area contributed by atoms with Crippen LogP contribution in [0.25, 0.3) is 11.4 Å². The summed E-state index contributed by atoms with van der Waals surface area (Å²) in [6, 6.07) is 17.8. The lowest BCUT2D eigenvalue weighted by atomic mass is 10.1. The Kier molecular flexibility index (Phi) is 7.08. The summed E-state index contributed by atoms with van der Waals surface area (Å²) >= 11 is 1.40. The largest absolute Gasteiger partial charge is 0.496 e. The summed E-state index contributed by atoms with van der Waals surface area (Å²) in [7, 11) is 1.65. The molecule has 0 aliphatic rings. The number of amides is 1. The molecular weight excluding hydrogens is 372 g/mol. The van der Waals surface area contributed by atoms with Crippen molar-refractivity contribution in [3.63, 3.8) is 0 Å². The second-order valence-corrected chi connectivity index (χ2v) is 7.06. The minimum absolute atomic E-state index is 0.0215. The minimum Gasteiger partial charge on any atom is -0.496 e. The first-order valence-electron chi connectivity index (χ1n) is 9.23. The Morgan fingerprint density at radius 3 is 2.61 bits per heavy atom. The lowest BCUT2D eigenvalue weighted by molar-refractivity contribution is -0.118. The highest BCUT2D eigenvalue weighted by Gasteiger charge is 2.14. The van der Waals surface area contributed by atoms with Crippen LogP contribution in [0.15, 0.2) is 59.8 Å². The summed E-state index contributed by atoms with van der Waals surface area (Å²) in [5, 5.41) is 12.3. The first-order valence-corrected chi connectivity index (χ1v) is 10.2. The molecule has 0 spiro atoms. The number of rotatable bonds is 9. The van der Waals surface area contributed by atoms with Crippen LogP contribution in [0, 0.1) is 0 Å². The number of hydrogen-bond acceptors (Lipinski definition) is 5. The van der Waals surface area contributed by atoms with E-state index in [1.54, 1.807) is 7.11 Å². The molecule has 146 valence electrons. The van der Waals surface area contributed by atoms with E-state index >= 15 is 0 Å². The van der Waals surface area contributed by atoms with Gasteiger partial charge in [0.1, 0.15) is 5.75 Å². The highest BCUT2D eigenvalue weighted by molar-refractivity contribution is 7.99. The molecule has 1 heterocycles. The molecule has 1 amide bonds. The van der Waals surface area contributed by atoms with Crippen LogP contribution in [0.1, 0.15) is 12.5 Å². The van der Waals surface area contributed by atoms with Gasteiger partial charge in [-0.15, -0.1) is 10.2 Å². The van der Waals surface area contributed by atoms with Crippen molar-refractivity contribution in [1.82, 2.24) is 20.1 Å². The van der Waals surface area contributed by atoms with Crippen LogP contribution in [0.3, 0.4) is 0 Å². The van der Waals surface area contributed by atoms with Gasteiger partial charge in [0, 0.05) is 18.7 Å². The van der Waals surface area contributed by atoms with Gasteiger partial charge < -0.3 is 14.6 Å². The van der Waals surface area contributed by atoms with Crippen LogP contribution in [0.2, 0.25) is 0 Å². The van der Waals surface area contributed by atoms with E-state index in [0.29, 0.717) is 12.3 Å². The Labute approximate surface area is 169 Å². The number of ether oxygens (including phenoxy) is 1. The van der Waals surface area contributed by atoms with Crippen LogP contribution < -0.4 is 10.1 Å². The van der Waals surface area contributed by atoms with E-state index in [-0.39, 0.29) is 5.91 Å². The maximum absolute atomic E-state index is 12.2. The van der Waals surface area contributed by atoms with Crippen LogP contribution in [-0.2, 0) is 17.8 Å². The SMILES string of the molecule is CCn1c(SCC(=O)NCCc2ccccc2OC)nnc1-c1ccccc1. The Bertz CT molecular complexity index is 912. The second-order valence-electron chi connectivity index (χ2n) is 6.12. The maximum atomic E-state index is 12.2. The van der Waals surface area contributed by atoms with Crippen molar-refractivity contribution in [1.29, 1.82) is 0 Å². The number of nitrogens with one attached hydrogen (secondary N) is 1. The van der Waals surface area contributed by atoms with Crippen LogP contribution in [-0.4, -0.2) is 40.1 Å². The summed E-state index contributed by atoms with van der Waals surface area (Å²) in [4.78, 5) is 12.2. The van der Waals surface area contributed by atoms with Gasteiger partial charge in [-0.25, -0.2) is 0 Å². The topological polar surface area (TPSA) is 69.0 Å². The van der Waals surface area contributed by atoms with Crippen LogP contribution in [0.4, 0.5) is 0 Å². The van der Waals surface area contributed by atoms with Gasteiger partial charge in [0.25, 0.3) is 0 Å². The monoisotopic (exact) mass is 396 g/mol. The number of aromatic nitrogens is 3. The Morgan fingerprint density at radius 2 is 1.86 bits per heavy atom. The molecule has 0 saturated carbocycles. The fraction of sp³-hybridized carbons (Fsp3) is 0.286. The molecule has 0 unspecified atom stereocenters. The van der Waals surface area contributed by atoms with Crippen molar-refractivity contribution in [2.45, 2.75) is 25.0 Å². The average Bonchev–Trinajstić information content (AvgIpc) is 3.16. The fourth-order valence-electron chi connectivity index (χ4n) is 2.91. The molecule has 0 atom stereocenters. The molecule has 0 bridgehead atoms. The summed E-state index contributed by atoms with van der Waals surface area (Å²) in [5.41, 5.74) is 2.10.